The summed E-state index contributed by atoms with van der Waals surface area (Å²) in [5, 5.41) is 3.19. The van der Waals surface area contributed by atoms with Crippen molar-refractivity contribution in [2.45, 2.75) is 12.3 Å². The molecule has 0 amide bonds. The van der Waals surface area contributed by atoms with Gasteiger partial charge in [0.1, 0.15) is 0 Å². The predicted molar refractivity (Wildman–Crippen MR) is 53.2 cm³/mol. The summed E-state index contributed by atoms with van der Waals surface area (Å²) >= 11 is 0. The Kier molecular flexibility index (Phi) is 2.19. The van der Waals surface area contributed by atoms with Crippen molar-refractivity contribution in [1.82, 2.24) is 5.32 Å². The van der Waals surface area contributed by atoms with E-state index in [0.717, 1.165) is 18.7 Å². The van der Waals surface area contributed by atoms with Gasteiger partial charge in [0.25, 0.3) is 0 Å². The molecular formula is C11H14FNO. The molecule has 0 aliphatic carbocycles. The number of hydrogen-bond donors (Lipinski definition) is 1. The summed E-state index contributed by atoms with van der Waals surface area (Å²) in [5.74, 6) is 0.0303. The van der Waals surface area contributed by atoms with E-state index in [1.54, 1.807) is 12.1 Å². The topological polar surface area (TPSA) is 21.3 Å². The second kappa shape index (κ2) is 3.24. The minimum Gasteiger partial charge on any atom is -0.494 e. The zero-order chi connectivity index (χ0) is 10.2. The SMILES string of the molecule is COc1ccc(C2(C)CNC2)cc1F. The van der Waals surface area contributed by atoms with Crippen molar-refractivity contribution in [3.63, 3.8) is 0 Å². The van der Waals surface area contributed by atoms with Gasteiger partial charge in [-0.3, -0.25) is 0 Å². The lowest BCUT2D eigenvalue weighted by molar-refractivity contribution is 0.303. The Hall–Kier alpha value is -1.09. The summed E-state index contributed by atoms with van der Waals surface area (Å²) < 4.78 is 18.3. The molecule has 0 saturated carbocycles. The summed E-state index contributed by atoms with van der Waals surface area (Å²) in [6.45, 7) is 3.96. The lowest BCUT2D eigenvalue weighted by Gasteiger charge is -2.40. The van der Waals surface area contributed by atoms with E-state index >= 15 is 0 Å². The molecule has 1 aromatic carbocycles. The molecule has 1 fully saturated rings. The smallest absolute Gasteiger partial charge is 0.165 e. The molecule has 1 heterocycles. The van der Waals surface area contributed by atoms with Crippen LogP contribution >= 0.6 is 0 Å². The van der Waals surface area contributed by atoms with Gasteiger partial charge in [0.15, 0.2) is 11.6 Å². The molecule has 2 nitrogen and oxygen atoms in total. The van der Waals surface area contributed by atoms with E-state index in [-0.39, 0.29) is 11.2 Å². The third kappa shape index (κ3) is 1.38. The zero-order valence-corrected chi connectivity index (χ0v) is 8.43. The molecule has 0 aromatic heterocycles. The molecule has 3 heteroatoms. The first kappa shape index (κ1) is 9.46. The van der Waals surface area contributed by atoms with Gasteiger partial charge in [-0.05, 0) is 17.7 Å². The number of halogens is 1. The molecule has 0 spiro atoms. The van der Waals surface area contributed by atoms with Gasteiger partial charge in [-0.15, -0.1) is 0 Å². The molecule has 1 aliphatic heterocycles. The van der Waals surface area contributed by atoms with Crippen LogP contribution in [0.25, 0.3) is 0 Å². The van der Waals surface area contributed by atoms with Gasteiger partial charge >= 0.3 is 0 Å². The van der Waals surface area contributed by atoms with Crippen LogP contribution in [0.2, 0.25) is 0 Å². The first-order valence-corrected chi connectivity index (χ1v) is 4.70. The molecule has 0 bridgehead atoms. The number of rotatable bonds is 2. The number of methoxy groups -OCH3 is 1. The van der Waals surface area contributed by atoms with Gasteiger partial charge in [-0.25, -0.2) is 4.39 Å². The Morgan fingerprint density at radius 1 is 1.43 bits per heavy atom. The van der Waals surface area contributed by atoms with Crippen molar-refractivity contribution in [3.8, 4) is 5.75 Å². The highest BCUT2D eigenvalue weighted by atomic mass is 19.1. The number of hydrogen-bond acceptors (Lipinski definition) is 2. The standard InChI is InChI=1S/C11H14FNO/c1-11(6-13-7-11)8-3-4-10(14-2)9(12)5-8/h3-5,13H,6-7H2,1-2H3. The van der Waals surface area contributed by atoms with Crippen molar-refractivity contribution in [2.75, 3.05) is 20.2 Å². The Bertz CT molecular complexity index is 347. The first-order valence-electron chi connectivity index (χ1n) is 4.70. The maximum atomic E-state index is 13.4. The van der Waals surface area contributed by atoms with Crippen LogP contribution in [0.1, 0.15) is 12.5 Å². The van der Waals surface area contributed by atoms with E-state index in [1.807, 2.05) is 6.07 Å². The van der Waals surface area contributed by atoms with Crippen LogP contribution in [0, 0.1) is 5.82 Å². The van der Waals surface area contributed by atoms with Crippen LogP contribution in [0.4, 0.5) is 4.39 Å². The number of ether oxygens (including phenoxy) is 1. The molecule has 76 valence electrons. The van der Waals surface area contributed by atoms with Gasteiger partial charge in [0, 0.05) is 18.5 Å². The van der Waals surface area contributed by atoms with Crippen molar-refractivity contribution in [1.29, 1.82) is 0 Å². The molecule has 1 aromatic rings. The monoisotopic (exact) mass is 195 g/mol. The molecule has 14 heavy (non-hydrogen) atoms. The minimum atomic E-state index is -0.280. The summed E-state index contributed by atoms with van der Waals surface area (Å²) in [4.78, 5) is 0. The third-order valence-corrected chi connectivity index (χ3v) is 2.88. The highest BCUT2D eigenvalue weighted by Crippen LogP contribution is 2.30. The highest BCUT2D eigenvalue weighted by molar-refractivity contribution is 5.35. The predicted octanol–water partition coefficient (Wildman–Crippen LogP) is 1.70. The van der Waals surface area contributed by atoms with Crippen molar-refractivity contribution < 1.29 is 9.13 Å². The highest BCUT2D eigenvalue weighted by Gasteiger charge is 2.33. The molecule has 0 unspecified atom stereocenters. The maximum Gasteiger partial charge on any atom is 0.165 e. The summed E-state index contributed by atoms with van der Waals surface area (Å²) in [6, 6.07) is 5.19. The van der Waals surface area contributed by atoms with E-state index in [4.69, 9.17) is 4.74 Å². The summed E-state index contributed by atoms with van der Waals surface area (Å²) in [6.07, 6.45) is 0. The molecule has 0 atom stereocenters. The van der Waals surface area contributed by atoms with E-state index < -0.39 is 0 Å². The Balaban J connectivity index is 2.32. The van der Waals surface area contributed by atoms with E-state index in [2.05, 4.69) is 12.2 Å². The third-order valence-electron chi connectivity index (χ3n) is 2.88. The Morgan fingerprint density at radius 3 is 2.57 bits per heavy atom. The van der Waals surface area contributed by atoms with Crippen LogP contribution in [0.15, 0.2) is 18.2 Å². The quantitative estimate of drug-likeness (QED) is 0.775. The van der Waals surface area contributed by atoms with Gasteiger partial charge in [0.05, 0.1) is 7.11 Å². The van der Waals surface area contributed by atoms with Crippen LogP contribution in [-0.4, -0.2) is 20.2 Å². The van der Waals surface area contributed by atoms with Crippen LogP contribution < -0.4 is 10.1 Å². The number of benzene rings is 1. The lowest BCUT2D eigenvalue weighted by Crippen LogP contribution is -2.54. The summed E-state index contributed by atoms with van der Waals surface area (Å²) in [5.41, 5.74) is 1.13. The first-order chi connectivity index (χ1) is 6.65. The molecule has 1 N–H and O–H groups in total. The lowest BCUT2D eigenvalue weighted by atomic mass is 9.77. The average Bonchev–Trinajstić information content (AvgIpc) is 2.14. The average molecular weight is 195 g/mol. The fraction of sp³-hybridized carbons (Fsp3) is 0.455. The fourth-order valence-electron chi connectivity index (χ4n) is 1.75. The van der Waals surface area contributed by atoms with Gasteiger partial charge < -0.3 is 10.1 Å². The van der Waals surface area contributed by atoms with Crippen molar-refractivity contribution >= 4 is 0 Å². The molecular weight excluding hydrogens is 181 g/mol. The van der Waals surface area contributed by atoms with E-state index in [1.165, 1.54) is 7.11 Å². The number of nitrogens with one attached hydrogen (secondary N) is 1. The van der Waals surface area contributed by atoms with Crippen LogP contribution in [0.5, 0.6) is 5.75 Å². The summed E-state index contributed by atoms with van der Waals surface area (Å²) in [7, 11) is 1.48. The normalized spacial score (nSPS) is 18.8. The fourth-order valence-corrected chi connectivity index (χ4v) is 1.75. The van der Waals surface area contributed by atoms with Crippen LogP contribution in [-0.2, 0) is 5.41 Å². The second-order valence-corrected chi connectivity index (χ2v) is 4.01. The molecule has 0 radical (unpaired) electrons. The molecule has 1 saturated heterocycles. The van der Waals surface area contributed by atoms with Crippen molar-refractivity contribution in [3.05, 3.63) is 29.6 Å². The van der Waals surface area contributed by atoms with Crippen LogP contribution in [0.3, 0.4) is 0 Å². The maximum absolute atomic E-state index is 13.4. The van der Waals surface area contributed by atoms with E-state index in [9.17, 15) is 4.39 Å². The molecule has 1 aliphatic rings. The van der Waals surface area contributed by atoms with Gasteiger partial charge in [-0.1, -0.05) is 13.0 Å². The largest absolute Gasteiger partial charge is 0.494 e. The van der Waals surface area contributed by atoms with Gasteiger partial charge in [-0.2, -0.15) is 0 Å². The Labute approximate surface area is 83.1 Å². The second-order valence-electron chi connectivity index (χ2n) is 4.01. The van der Waals surface area contributed by atoms with Gasteiger partial charge in [0.2, 0.25) is 0 Å². The van der Waals surface area contributed by atoms with Crippen molar-refractivity contribution in [2.24, 2.45) is 0 Å². The minimum absolute atomic E-state index is 0.0904. The zero-order valence-electron chi connectivity index (χ0n) is 8.43. The molecule has 2 rings (SSSR count). The Morgan fingerprint density at radius 2 is 2.14 bits per heavy atom. The van der Waals surface area contributed by atoms with E-state index in [0.29, 0.717) is 5.75 Å².